The number of hydrogen-bond donors (Lipinski definition) is 3. The van der Waals surface area contributed by atoms with Crippen LogP contribution in [-0.2, 0) is 33.3 Å². The minimum Gasteiger partial charge on any atom is -0.462 e. The van der Waals surface area contributed by atoms with Crippen molar-refractivity contribution in [2.45, 2.75) is 114 Å². The summed E-state index contributed by atoms with van der Waals surface area (Å²) in [6, 6.07) is 13.5. The molecule has 0 unspecified atom stereocenters. The van der Waals surface area contributed by atoms with Gasteiger partial charge in [-0.1, -0.05) is 80.6 Å². The highest BCUT2D eigenvalue weighted by molar-refractivity contribution is 7.99. The molecule has 2 heterocycles. The largest absolute Gasteiger partial charge is 0.462 e. The second-order valence-electron chi connectivity index (χ2n) is 15.0. The lowest BCUT2D eigenvalue weighted by Crippen LogP contribution is -2.63. The van der Waals surface area contributed by atoms with Crippen LogP contribution in [0.15, 0.2) is 71.2 Å². The minimum absolute atomic E-state index is 0.0342. The van der Waals surface area contributed by atoms with E-state index in [9.17, 15) is 29.7 Å². The number of aliphatic hydroxyl groups excluding tert-OH is 3. The molecule has 12 heteroatoms. The number of hydrogen-bond acceptors (Lipinski definition) is 12. The number of likely N-dealkylation sites (N-methyl/N-ethyl adjacent to an activating group) is 1. The number of thioether (sulfide) groups is 1. The summed E-state index contributed by atoms with van der Waals surface area (Å²) in [4.78, 5) is 42.3. The molecule has 298 valence electrons. The maximum Gasteiger partial charge on any atom is 0.308 e. The van der Waals surface area contributed by atoms with Crippen molar-refractivity contribution in [3.05, 3.63) is 66.3 Å². The third-order valence-electron chi connectivity index (χ3n) is 10.8. The molecular formula is C42H59NO10S. The number of benzene rings is 2. The van der Waals surface area contributed by atoms with Crippen molar-refractivity contribution in [3.8, 4) is 0 Å². The Balaban J connectivity index is 1.74. The number of aldehydes is 1. The molecule has 0 saturated carbocycles. The van der Waals surface area contributed by atoms with Crippen LogP contribution in [0.2, 0.25) is 0 Å². The monoisotopic (exact) mass is 769 g/mol. The molecule has 2 aromatic rings. The summed E-state index contributed by atoms with van der Waals surface area (Å²) in [5, 5.41) is 34.9. The van der Waals surface area contributed by atoms with Crippen LogP contribution in [0.25, 0.3) is 10.8 Å². The third kappa shape index (κ3) is 11.5. The molecule has 0 aliphatic carbocycles. The van der Waals surface area contributed by atoms with E-state index in [1.807, 2.05) is 63.2 Å². The maximum atomic E-state index is 13.8. The molecule has 0 radical (unpaired) electrons. The molecule has 0 bridgehead atoms. The number of cyclic esters (lactones) is 1. The lowest BCUT2D eigenvalue weighted by atomic mass is 9.79. The van der Waals surface area contributed by atoms with Crippen LogP contribution in [-0.4, -0.2) is 114 Å². The summed E-state index contributed by atoms with van der Waals surface area (Å²) >= 11 is 1.47. The molecule has 12 atom stereocenters. The summed E-state index contributed by atoms with van der Waals surface area (Å²) in [7, 11) is 3.50. The first-order valence-corrected chi connectivity index (χ1v) is 20.0. The number of ketones is 1. The van der Waals surface area contributed by atoms with Crippen molar-refractivity contribution in [2.24, 2.45) is 23.7 Å². The Bertz CT molecular complexity index is 1600. The summed E-state index contributed by atoms with van der Waals surface area (Å²) in [5.41, 5.74) is 0.734. The topological polar surface area (TPSA) is 152 Å². The molecule has 0 spiro atoms. The number of ether oxygens (including phenoxy) is 4. The Morgan fingerprint density at radius 1 is 1.02 bits per heavy atom. The molecule has 4 rings (SSSR count). The van der Waals surface area contributed by atoms with Crippen molar-refractivity contribution in [2.75, 3.05) is 26.6 Å². The minimum atomic E-state index is -1.26. The number of aliphatic hydroxyl groups is 3. The van der Waals surface area contributed by atoms with Crippen molar-refractivity contribution in [1.29, 1.82) is 0 Å². The standard InChI is InChI=1S/C42H59NO10S/c1-8-35-32(23-45)19-25(2)13-16-34(46)26(3)20-31(17-18-44)41(53-42-40(49)38(43(6)7)39(48)28(5)51-42)27(4)36(22-37(47)52-35)50-24-54-33-15-14-29-11-9-10-12-30(29)21-33/h9-16,18-19,21,26-28,31-32,35-36,38-42,45,48-49H,8,17,20,22-24H2,1-7H3/b16-13+,25-19+/t26-,27+,28-,31+,32-,35-,36-,38+,39-,40-,41-,42+/m1/s1. The first-order valence-electron chi connectivity index (χ1n) is 19.0. The Morgan fingerprint density at radius 2 is 1.74 bits per heavy atom. The second kappa shape index (κ2) is 20.8. The van der Waals surface area contributed by atoms with E-state index in [4.69, 9.17) is 18.9 Å². The molecule has 1 saturated heterocycles. The van der Waals surface area contributed by atoms with Gasteiger partial charge in [-0.15, -0.1) is 0 Å². The molecule has 0 amide bonds. The van der Waals surface area contributed by atoms with E-state index < -0.39 is 78.6 Å². The third-order valence-corrected chi connectivity index (χ3v) is 11.6. The fourth-order valence-electron chi connectivity index (χ4n) is 7.57. The highest BCUT2D eigenvalue weighted by Crippen LogP contribution is 2.36. The maximum absolute atomic E-state index is 13.8. The van der Waals surface area contributed by atoms with Gasteiger partial charge >= 0.3 is 5.97 Å². The van der Waals surface area contributed by atoms with E-state index in [1.165, 1.54) is 17.8 Å². The smallest absolute Gasteiger partial charge is 0.308 e. The SMILES string of the molecule is CC[C@H]1OC(=O)C[C@@H](OCSc2ccc3ccccc3c2)[C@H](C)[C@@H](O[C@@H]2O[C@H](C)[C@@H](O)[C@H](N(C)C)[C@H]2O)[C@@H](CC=O)C[C@@H](C)C(=O)/C=C/C(C)=C/[C@@H]1CO. The Morgan fingerprint density at radius 3 is 2.41 bits per heavy atom. The van der Waals surface area contributed by atoms with Crippen molar-refractivity contribution < 1.29 is 48.7 Å². The van der Waals surface area contributed by atoms with Crippen LogP contribution in [0.5, 0.6) is 0 Å². The summed E-state index contributed by atoms with van der Waals surface area (Å²) in [6.07, 6.45) is -0.0541. The van der Waals surface area contributed by atoms with Crippen molar-refractivity contribution in [1.82, 2.24) is 4.90 Å². The number of carbonyl (C=O) groups excluding carboxylic acids is 3. The fraction of sp³-hybridized carbons (Fsp3) is 0.595. The number of carbonyl (C=O) groups is 3. The van der Waals surface area contributed by atoms with Crippen LogP contribution in [0.4, 0.5) is 0 Å². The van der Waals surface area contributed by atoms with Gasteiger partial charge in [0.15, 0.2) is 12.1 Å². The summed E-state index contributed by atoms with van der Waals surface area (Å²) in [5.74, 6) is -2.62. The molecule has 54 heavy (non-hydrogen) atoms. The van der Waals surface area contributed by atoms with Gasteiger partial charge in [0.1, 0.15) is 18.5 Å². The molecule has 2 aromatic carbocycles. The fourth-order valence-corrected chi connectivity index (χ4v) is 8.33. The van der Waals surface area contributed by atoms with Gasteiger partial charge in [-0.05, 0) is 75.7 Å². The van der Waals surface area contributed by atoms with Gasteiger partial charge in [-0.25, -0.2) is 0 Å². The average molecular weight is 770 g/mol. The highest BCUT2D eigenvalue weighted by atomic mass is 32.2. The van der Waals surface area contributed by atoms with Gasteiger partial charge in [0.2, 0.25) is 0 Å². The number of esters is 1. The zero-order chi connectivity index (χ0) is 39.5. The molecule has 1 fully saturated rings. The van der Waals surface area contributed by atoms with Crippen LogP contribution in [0.1, 0.15) is 60.3 Å². The van der Waals surface area contributed by atoms with E-state index in [-0.39, 0.29) is 37.6 Å². The van der Waals surface area contributed by atoms with Gasteiger partial charge in [0.25, 0.3) is 0 Å². The van der Waals surface area contributed by atoms with Crippen LogP contribution >= 0.6 is 11.8 Å². The molecule has 0 aromatic heterocycles. The van der Waals surface area contributed by atoms with Gasteiger partial charge < -0.3 is 44.0 Å². The highest BCUT2D eigenvalue weighted by Gasteiger charge is 2.47. The lowest BCUT2D eigenvalue weighted by Gasteiger charge is -2.46. The number of allylic oxidation sites excluding steroid dienone is 3. The second-order valence-corrected chi connectivity index (χ2v) is 16.0. The first kappa shape index (κ1) is 43.8. The normalized spacial score (nSPS) is 35.0. The molecule has 3 N–H and O–H groups in total. The number of fused-ring (bicyclic) bond motifs is 1. The summed E-state index contributed by atoms with van der Waals surface area (Å²) < 4.78 is 25.3. The zero-order valence-electron chi connectivity index (χ0n) is 32.6. The molecule has 11 nitrogen and oxygen atoms in total. The number of rotatable bonds is 11. The quantitative estimate of drug-likeness (QED) is 0.117. The van der Waals surface area contributed by atoms with Gasteiger partial charge in [-0.2, -0.15) is 0 Å². The Hall–Kier alpha value is -2.94. The van der Waals surface area contributed by atoms with Crippen LogP contribution in [0.3, 0.4) is 0 Å². The van der Waals surface area contributed by atoms with Crippen molar-refractivity contribution in [3.63, 3.8) is 0 Å². The first-order chi connectivity index (χ1) is 25.8. The van der Waals surface area contributed by atoms with E-state index in [2.05, 4.69) is 6.07 Å². The van der Waals surface area contributed by atoms with Gasteiger partial charge in [0.05, 0.1) is 49.4 Å². The zero-order valence-corrected chi connectivity index (χ0v) is 33.4. The average Bonchev–Trinajstić information content (AvgIpc) is 3.14. The predicted octanol–water partition coefficient (Wildman–Crippen LogP) is 5.33. The van der Waals surface area contributed by atoms with E-state index >= 15 is 0 Å². The van der Waals surface area contributed by atoms with E-state index in [0.29, 0.717) is 6.42 Å². The Labute approximate surface area is 324 Å². The molecule has 2 aliphatic rings. The Kier molecular flexibility index (Phi) is 16.9. The van der Waals surface area contributed by atoms with Gasteiger partial charge in [-0.3, -0.25) is 9.59 Å². The predicted molar refractivity (Wildman–Crippen MR) is 209 cm³/mol. The van der Waals surface area contributed by atoms with Gasteiger partial charge in [0, 0.05) is 29.1 Å². The molecular weight excluding hydrogens is 711 g/mol. The van der Waals surface area contributed by atoms with Crippen LogP contribution < -0.4 is 0 Å². The van der Waals surface area contributed by atoms with E-state index in [1.54, 1.807) is 38.9 Å². The van der Waals surface area contributed by atoms with Crippen molar-refractivity contribution >= 4 is 40.6 Å². The molecule has 2 aliphatic heterocycles. The number of nitrogens with zero attached hydrogens (tertiary/aromatic N) is 1. The van der Waals surface area contributed by atoms with Crippen LogP contribution in [0, 0.1) is 23.7 Å². The van der Waals surface area contributed by atoms with E-state index in [0.717, 1.165) is 27.5 Å². The summed E-state index contributed by atoms with van der Waals surface area (Å²) in [6.45, 7) is 8.81. The lowest BCUT2D eigenvalue weighted by molar-refractivity contribution is -0.304.